The molecule has 0 aliphatic heterocycles. The van der Waals surface area contributed by atoms with Gasteiger partial charge in [-0.2, -0.15) is 0 Å². The van der Waals surface area contributed by atoms with Crippen LogP contribution < -0.4 is 0 Å². The summed E-state index contributed by atoms with van der Waals surface area (Å²) in [6, 6.07) is 0. The van der Waals surface area contributed by atoms with Crippen molar-refractivity contribution >= 4 is 0 Å². The van der Waals surface area contributed by atoms with Crippen molar-refractivity contribution in [2.24, 2.45) is 0 Å². The third kappa shape index (κ3) is 196. The lowest BCUT2D eigenvalue weighted by Gasteiger charge is -1.79. The second-order valence-electron chi connectivity index (χ2n) is 4.08. The summed E-state index contributed by atoms with van der Waals surface area (Å²) in [5, 5.41) is 0. The van der Waals surface area contributed by atoms with Crippen LogP contribution in [0.4, 0.5) is 0 Å². The molecule has 0 bridgehead atoms. The Bertz CT molecular complexity index is 68.0. The van der Waals surface area contributed by atoms with Crippen molar-refractivity contribution in [3.8, 4) is 0 Å². The number of hydrogen-bond acceptors (Lipinski definition) is 0. The van der Waals surface area contributed by atoms with Crippen LogP contribution in [0, 0.1) is 0 Å². The number of hydrogen-bond donors (Lipinski definition) is 0. The van der Waals surface area contributed by atoms with Crippen LogP contribution in [0.2, 0.25) is 0 Å². The monoisotopic (exact) mass is 274 g/mol. The maximum absolute atomic E-state index is 2.21. The highest BCUT2D eigenvalue weighted by molar-refractivity contribution is 4.68. The van der Waals surface area contributed by atoms with Crippen LogP contribution in [0.15, 0.2) is 12.2 Å². The topological polar surface area (TPSA) is 0 Å². The van der Waals surface area contributed by atoms with E-state index in [1.54, 1.807) is 0 Å². The molecule has 0 spiro atoms. The molecule has 0 heterocycles. The number of allylic oxidation sites excluding steroid dienone is 2. The maximum Gasteiger partial charge on any atom is -0.0470 e. The van der Waals surface area contributed by atoms with Crippen LogP contribution in [0.25, 0.3) is 0 Å². The van der Waals surface area contributed by atoms with Gasteiger partial charge in [-0.05, 0) is 13.8 Å². The fourth-order valence-electron chi connectivity index (χ4n) is 0.707. The van der Waals surface area contributed by atoms with Crippen molar-refractivity contribution < 1.29 is 0 Å². The molecule has 0 fully saturated rings. The molecule has 0 saturated heterocycles. The summed E-state index contributed by atoms with van der Waals surface area (Å²) in [6.07, 6.45) is 13.4. The van der Waals surface area contributed by atoms with Crippen molar-refractivity contribution in [3.63, 3.8) is 0 Å². The van der Waals surface area contributed by atoms with Crippen LogP contribution in [0.1, 0.15) is 114 Å². The van der Waals surface area contributed by atoms with E-state index in [-0.39, 0.29) is 0 Å². The molecule has 0 aromatic rings. The predicted octanol–water partition coefficient (Wildman–Crippen LogP) is 8.42. The highest BCUT2D eigenvalue weighted by atomic mass is 13.7. The minimum Gasteiger partial charge on any atom is -0.0919 e. The minimum atomic E-state index is 1.25. The second kappa shape index (κ2) is 65.1. The molecule has 0 aromatic heterocycles. The molecule has 122 valence electrons. The Labute approximate surface area is 127 Å². The van der Waals surface area contributed by atoms with Crippen LogP contribution in [0.3, 0.4) is 0 Å². The molecule has 0 heteroatoms. The van der Waals surface area contributed by atoms with Gasteiger partial charge >= 0.3 is 0 Å². The summed E-state index contributed by atoms with van der Waals surface area (Å²) in [5.74, 6) is 0. The van der Waals surface area contributed by atoms with Crippen molar-refractivity contribution in [2.45, 2.75) is 114 Å². The Balaban J connectivity index is -0.0000000446. The largest absolute Gasteiger partial charge is 0.0919 e. The molecule has 0 aliphatic rings. The van der Waals surface area contributed by atoms with Gasteiger partial charge in [-0.3, -0.25) is 0 Å². The molecule has 0 atom stereocenters. The zero-order chi connectivity index (χ0) is 16.4. The SMILES string of the molecule is C/C=C\C.CC.CCC.CCCCC.CCCCC. The lowest BCUT2D eigenvalue weighted by Crippen LogP contribution is -1.59. The smallest absolute Gasteiger partial charge is 0.0470 e. The predicted molar refractivity (Wildman–Crippen MR) is 98.2 cm³/mol. The molecule has 0 saturated carbocycles. The first-order chi connectivity index (χ1) is 9.16. The van der Waals surface area contributed by atoms with E-state index in [2.05, 4.69) is 41.5 Å². The van der Waals surface area contributed by atoms with Gasteiger partial charge in [0.2, 0.25) is 0 Å². The lowest BCUT2D eigenvalue weighted by molar-refractivity contribution is 0.772. The summed E-state index contributed by atoms with van der Waals surface area (Å²) < 4.78 is 0. The summed E-state index contributed by atoms with van der Waals surface area (Å²) in [7, 11) is 0. The quantitative estimate of drug-likeness (QED) is 0.451. The van der Waals surface area contributed by atoms with E-state index in [0.717, 1.165) is 0 Å². The molecule has 0 N–H and O–H groups in total. The van der Waals surface area contributed by atoms with Gasteiger partial charge in [0.05, 0.1) is 0 Å². The third-order valence-corrected chi connectivity index (χ3v) is 1.75. The highest BCUT2D eigenvalue weighted by Crippen LogP contribution is 1.88. The average Bonchev–Trinajstić information content (AvgIpc) is 2.45. The molecule has 0 aliphatic carbocycles. The molecule has 0 aromatic carbocycles. The van der Waals surface area contributed by atoms with E-state index in [0.29, 0.717) is 0 Å². The Morgan fingerprint density at radius 2 is 0.684 bits per heavy atom. The first-order valence-corrected chi connectivity index (χ1v) is 8.73. The average molecular weight is 275 g/mol. The first-order valence-electron chi connectivity index (χ1n) is 8.73. The summed E-state index contributed by atoms with van der Waals surface area (Å²) in [4.78, 5) is 0. The normalized spacial score (nSPS) is 7.68. The standard InChI is InChI=1S/2C5H12.C4H8.C3H8.C2H6/c2*1-3-5-4-2;1-3-4-2;1-3-2;1-2/h2*3-5H2,1-2H3;3-4H,1-2H3;3H2,1-2H3;1-2H3/b;;4-3-;;. The second-order valence-corrected chi connectivity index (χ2v) is 4.08. The van der Waals surface area contributed by atoms with E-state index in [1.165, 1.54) is 44.9 Å². The zero-order valence-corrected chi connectivity index (χ0v) is 16.1. The van der Waals surface area contributed by atoms with Gasteiger partial charge in [0, 0.05) is 0 Å². The van der Waals surface area contributed by atoms with Crippen LogP contribution in [0.5, 0.6) is 0 Å². The molecule has 19 heavy (non-hydrogen) atoms. The number of unbranched alkanes of at least 4 members (excludes halogenated alkanes) is 4. The molecular formula is C19H46. The van der Waals surface area contributed by atoms with E-state index >= 15 is 0 Å². The van der Waals surface area contributed by atoms with Crippen molar-refractivity contribution in [2.75, 3.05) is 0 Å². The Morgan fingerprint density at radius 3 is 0.684 bits per heavy atom. The van der Waals surface area contributed by atoms with Gasteiger partial charge in [0.25, 0.3) is 0 Å². The van der Waals surface area contributed by atoms with Crippen LogP contribution >= 0.6 is 0 Å². The zero-order valence-electron chi connectivity index (χ0n) is 16.1. The molecule has 0 rings (SSSR count). The summed E-state index contributed by atoms with van der Waals surface area (Å²) >= 11 is 0. The van der Waals surface area contributed by atoms with Gasteiger partial charge in [-0.25, -0.2) is 0 Å². The Kier molecular flexibility index (Phi) is 107. The lowest BCUT2D eigenvalue weighted by atomic mass is 10.3. The molecule has 0 unspecified atom stereocenters. The number of rotatable bonds is 4. The molecular weight excluding hydrogens is 228 g/mol. The first kappa shape index (κ1) is 31.2. The van der Waals surface area contributed by atoms with Gasteiger partial charge in [0.15, 0.2) is 0 Å². The van der Waals surface area contributed by atoms with E-state index in [1.807, 2.05) is 39.8 Å². The van der Waals surface area contributed by atoms with Crippen molar-refractivity contribution in [1.29, 1.82) is 0 Å². The summed E-state index contributed by atoms with van der Waals surface area (Å²) in [6.45, 7) is 21.1. The summed E-state index contributed by atoms with van der Waals surface area (Å²) in [5.41, 5.74) is 0. The molecule has 0 nitrogen and oxygen atoms in total. The van der Waals surface area contributed by atoms with Crippen LogP contribution in [-0.2, 0) is 0 Å². The van der Waals surface area contributed by atoms with E-state index in [4.69, 9.17) is 0 Å². The Morgan fingerprint density at radius 1 is 0.526 bits per heavy atom. The van der Waals surface area contributed by atoms with Crippen molar-refractivity contribution in [3.05, 3.63) is 12.2 Å². The fourth-order valence-corrected chi connectivity index (χ4v) is 0.707. The van der Waals surface area contributed by atoms with Gasteiger partial charge in [0.1, 0.15) is 0 Å². The van der Waals surface area contributed by atoms with E-state index < -0.39 is 0 Å². The van der Waals surface area contributed by atoms with Gasteiger partial charge in [-0.15, -0.1) is 0 Å². The Hall–Kier alpha value is -0.260. The van der Waals surface area contributed by atoms with Gasteiger partial charge in [-0.1, -0.05) is 112 Å². The molecule has 0 radical (unpaired) electrons. The third-order valence-electron chi connectivity index (χ3n) is 1.75. The highest BCUT2D eigenvalue weighted by Gasteiger charge is 1.68. The van der Waals surface area contributed by atoms with Crippen molar-refractivity contribution in [1.82, 2.24) is 0 Å². The fraction of sp³-hybridized carbons (Fsp3) is 0.895. The van der Waals surface area contributed by atoms with Crippen LogP contribution in [-0.4, -0.2) is 0 Å². The minimum absolute atomic E-state index is 1.25. The van der Waals surface area contributed by atoms with Gasteiger partial charge < -0.3 is 0 Å². The van der Waals surface area contributed by atoms with E-state index in [9.17, 15) is 0 Å². The maximum atomic E-state index is 2.21. The molecule has 0 amide bonds.